The van der Waals surface area contributed by atoms with E-state index >= 15 is 0 Å². The van der Waals surface area contributed by atoms with Gasteiger partial charge in [0.1, 0.15) is 5.76 Å². The van der Waals surface area contributed by atoms with Gasteiger partial charge >= 0.3 is 0 Å². The zero-order valence-electron chi connectivity index (χ0n) is 13.4. The average Bonchev–Trinajstić information content (AvgIpc) is 3.01. The molecule has 0 amide bonds. The molecule has 0 spiro atoms. The third kappa shape index (κ3) is 4.10. The van der Waals surface area contributed by atoms with Gasteiger partial charge in [-0.25, -0.2) is 0 Å². The van der Waals surface area contributed by atoms with Crippen LogP contribution in [0.3, 0.4) is 0 Å². The van der Waals surface area contributed by atoms with Crippen molar-refractivity contribution in [1.29, 1.82) is 0 Å². The summed E-state index contributed by atoms with van der Waals surface area (Å²) in [5, 5.41) is 3.65. The quantitative estimate of drug-likeness (QED) is 0.737. The predicted octanol–water partition coefficient (Wildman–Crippen LogP) is 3.58. The molecular weight excluding hydrogens is 248 g/mol. The fraction of sp³-hybridized carbons (Fsp3) is 0.765. The first-order valence-corrected chi connectivity index (χ1v) is 8.07. The molecule has 1 fully saturated rings. The van der Waals surface area contributed by atoms with Gasteiger partial charge in [0.2, 0.25) is 0 Å². The Morgan fingerprint density at radius 3 is 2.70 bits per heavy atom. The van der Waals surface area contributed by atoms with E-state index in [4.69, 9.17) is 4.42 Å². The van der Waals surface area contributed by atoms with Crippen LogP contribution in [0.5, 0.6) is 0 Å². The van der Waals surface area contributed by atoms with Gasteiger partial charge in [-0.2, -0.15) is 0 Å². The van der Waals surface area contributed by atoms with Crippen molar-refractivity contribution in [3.05, 3.63) is 23.7 Å². The van der Waals surface area contributed by atoms with E-state index in [0.29, 0.717) is 5.41 Å². The van der Waals surface area contributed by atoms with Crippen molar-refractivity contribution >= 4 is 0 Å². The summed E-state index contributed by atoms with van der Waals surface area (Å²) < 4.78 is 5.40. The molecular formula is C17H30N2O. The summed E-state index contributed by atoms with van der Waals surface area (Å²) >= 11 is 0. The largest absolute Gasteiger partial charge is 0.469 e. The Balaban J connectivity index is 1.88. The van der Waals surface area contributed by atoms with E-state index in [1.54, 1.807) is 6.26 Å². The SMILES string of the molecule is CCCNCC1(CN(C)Cc2ccoc2C)CCCC1. The van der Waals surface area contributed by atoms with E-state index < -0.39 is 0 Å². The topological polar surface area (TPSA) is 28.4 Å². The minimum atomic E-state index is 0.488. The minimum Gasteiger partial charge on any atom is -0.469 e. The summed E-state index contributed by atoms with van der Waals surface area (Å²) in [6.45, 7) is 8.80. The first kappa shape index (κ1) is 15.6. The molecule has 1 aliphatic rings. The smallest absolute Gasteiger partial charge is 0.105 e. The lowest BCUT2D eigenvalue weighted by Crippen LogP contribution is -2.41. The van der Waals surface area contributed by atoms with E-state index in [1.165, 1.54) is 50.8 Å². The molecule has 0 bridgehead atoms. The molecule has 114 valence electrons. The van der Waals surface area contributed by atoms with Crippen LogP contribution < -0.4 is 5.32 Å². The highest BCUT2D eigenvalue weighted by atomic mass is 16.3. The number of nitrogens with one attached hydrogen (secondary N) is 1. The van der Waals surface area contributed by atoms with Gasteiger partial charge in [0.25, 0.3) is 0 Å². The normalized spacial score (nSPS) is 18.0. The number of hydrogen-bond acceptors (Lipinski definition) is 3. The third-order valence-corrected chi connectivity index (χ3v) is 4.60. The van der Waals surface area contributed by atoms with Crippen molar-refractivity contribution in [3.8, 4) is 0 Å². The fourth-order valence-corrected chi connectivity index (χ4v) is 3.54. The van der Waals surface area contributed by atoms with E-state index in [9.17, 15) is 0 Å². The minimum absolute atomic E-state index is 0.488. The monoisotopic (exact) mass is 278 g/mol. The molecule has 1 saturated carbocycles. The Kier molecular flexibility index (Phi) is 5.67. The van der Waals surface area contributed by atoms with Gasteiger partial charge in [-0.05, 0) is 51.3 Å². The molecule has 1 aliphatic carbocycles. The fourth-order valence-electron chi connectivity index (χ4n) is 3.54. The van der Waals surface area contributed by atoms with Crippen molar-refractivity contribution in [2.75, 3.05) is 26.7 Å². The predicted molar refractivity (Wildman–Crippen MR) is 83.8 cm³/mol. The first-order chi connectivity index (χ1) is 9.65. The number of nitrogens with zero attached hydrogens (tertiary/aromatic N) is 1. The van der Waals surface area contributed by atoms with Gasteiger partial charge in [0.05, 0.1) is 6.26 Å². The van der Waals surface area contributed by atoms with Crippen molar-refractivity contribution in [1.82, 2.24) is 10.2 Å². The third-order valence-electron chi connectivity index (χ3n) is 4.60. The second-order valence-electron chi connectivity index (χ2n) is 6.56. The van der Waals surface area contributed by atoms with Crippen LogP contribution in [-0.2, 0) is 6.54 Å². The molecule has 0 unspecified atom stereocenters. The second kappa shape index (κ2) is 7.28. The summed E-state index contributed by atoms with van der Waals surface area (Å²) in [6.07, 6.45) is 8.56. The summed E-state index contributed by atoms with van der Waals surface area (Å²) in [4.78, 5) is 2.47. The van der Waals surface area contributed by atoms with Crippen LogP contribution in [0.4, 0.5) is 0 Å². The van der Waals surface area contributed by atoms with Crippen molar-refractivity contribution < 1.29 is 4.42 Å². The van der Waals surface area contributed by atoms with Crippen LogP contribution in [-0.4, -0.2) is 31.6 Å². The van der Waals surface area contributed by atoms with Crippen LogP contribution >= 0.6 is 0 Å². The van der Waals surface area contributed by atoms with Gasteiger partial charge in [-0.15, -0.1) is 0 Å². The molecule has 3 nitrogen and oxygen atoms in total. The maximum atomic E-state index is 5.40. The number of aryl methyl sites for hydroxylation is 1. The first-order valence-electron chi connectivity index (χ1n) is 8.07. The summed E-state index contributed by atoms with van der Waals surface area (Å²) in [6, 6.07) is 2.10. The van der Waals surface area contributed by atoms with Crippen molar-refractivity contribution in [2.45, 2.75) is 52.5 Å². The maximum absolute atomic E-state index is 5.40. The Morgan fingerprint density at radius 2 is 2.10 bits per heavy atom. The molecule has 0 aromatic carbocycles. The Bertz CT molecular complexity index is 393. The number of hydrogen-bond donors (Lipinski definition) is 1. The molecule has 0 radical (unpaired) electrons. The van der Waals surface area contributed by atoms with Gasteiger partial charge in [-0.1, -0.05) is 19.8 Å². The highest BCUT2D eigenvalue weighted by Crippen LogP contribution is 2.38. The summed E-state index contributed by atoms with van der Waals surface area (Å²) in [7, 11) is 2.24. The van der Waals surface area contributed by atoms with Gasteiger partial charge in [-0.3, -0.25) is 0 Å². The van der Waals surface area contributed by atoms with E-state index in [0.717, 1.165) is 18.8 Å². The maximum Gasteiger partial charge on any atom is 0.105 e. The van der Waals surface area contributed by atoms with Crippen LogP contribution in [0.25, 0.3) is 0 Å². The van der Waals surface area contributed by atoms with Crippen molar-refractivity contribution in [2.24, 2.45) is 5.41 Å². The molecule has 0 aliphatic heterocycles. The van der Waals surface area contributed by atoms with E-state index in [2.05, 4.69) is 37.2 Å². The van der Waals surface area contributed by atoms with Crippen LogP contribution in [0.15, 0.2) is 16.7 Å². The number of rotatable bonds is 8. The van der Waals surface area contributed by atoms with Crippen LogP contribution in [0, 0.1) is 12.3 Å². The van der Waals surface area contributed by atoms with Crippen LogP contribution in [0.2, 0.25) is 0 Å². The molecule has 20 heavy (non-hydrogen) atoms. The number of furan rings is 1. The lowest BCUT2D eigenvalue weighted by atomic mass is 9.85. The lowest BCUT2D eigenvalue weighted by Gasteiger charge is -2.34. The van der Waals surface area contributed by atoms with E-state index in [1.807, 2.05) is 0 Å². The average molecular weight is 278 g/mol. The molecule has 0 atom stereocenters. The van der Waals surface area contributed by atoms with Crippen molar-refractivity contribution in [3.63, 3.8) is 0 Å². The molecule has 1 N–H and O–H groups in total. The van der Waals surface area contributed by atoms with E-state index in [-0.39, 0.29) is 0 Å². The molecule has 1 aromatic rings. The molecule has 2 rings (SSSR count). The highest BCUT2D eigenvalue weighted by Gasteiger charge is 2.34. The van der Waals surface area contributed by atoms with Gasteiger partial charge in [0.15, 0.2) is 0 Å². The van der Waals surface area contributed by atoms with Gasteiger partial charge in [0, 0.05) is 25.2 Å². The zero-order valence-corrected chi connectivity index (χ0v) is 13.4. The molecule has 3 heteroatoms. The standard InChI is InChI=1S/C17H30N2O/c1-4-10-18-13-17(8-5-6-9-17)14-19(3)12-16-7-11-20-15(16)2/h7,11,18H,4-6,8-10,12-14H2,1-3H3. The summed E-state index contributed by atoms with van der Waals surface area (Å²) in [5.41, 5.74) is 1.81. The highest BCUT2D eigenvalue weighted by molar-refractivity contribution is 5.15. The molecule has 1 heterocycles. The molecule has 0 saturated heterocycles. The Labute approximate surface area is 123 Å². The lowest BCUT2D eigenvalue weighted by molar-refractivity contribution is 0.167. The second-order valence-corrected chi connectivity index (χ2v) is 6.56. The summed E-state index contributed by atoms with van der Waals surface area (Å²) in [5.74, 6) is 1.06. The zero-order chi connectivity index (χ0) is 14.4. The molecule has 1 aromatic heterocycles. The van der Waals surface area contributed by atoms with Crippen LogP contribution in [0.1, 0.15) is 50.4 Å². The Hall–Kier alpha value is -0.800. The van der Waals surface area contributed by atoms with Gasteiger partial charge < -0.3 is 14.6 Å². The Morgan fingerprint density at radius 1 is 1.35 bits per heavy atom.